The Morgan fingerprint density at radius 3 is 2.06 bits per heavy atom. The maximum Gasteiger partial charge on any atom is 0.673 e. The van der Waals surface area contributed by atoms with Crippen LogP contribution in [0.25, 0.3) is 4.98 Å². The molecule has 0 bridgehead atoms. The minimum absolute atomic E-state index is 0.544. The Kier molecular flexibility index (Phi) is 7.51. The summed E-state index contributed by atoms with van der Waals surface area (Å²) in [5.41, 5.74) is 0.544. The molecule has 0 amide bonds. The van der Waals surface area contributed by atoms with E-state index >= 15 is 0 Å². The van der Waals surface area contributed by atoms with Gasteiger partial charge in [0.25, 0.3) is 0 Å². The Morgan fingerprint density at radius 1 is 1.17 bits per heavy atom. The fourth-order valence-corrected chi connectivity index (χ4v) is 0.943. The molecule has 0 saturated carbocycles. The summed E-state index contributed by atoms with van der Waals surface area (Å²) >= 11 is 0. The fourth-order valence-electron chi connectivity index (χ4n) is 0.943. The zero-order valence-corrected chi connectivity index (χ0v) is 9.82. The van der Waals surface area contributed by atoms with Crippen LogP contribution in [0.15, 0.2) is 24.3 Å². The minimum Gasteiger partial charge on any atom is -0.494 e. The molecule has 0 fully saturated rings. The van der Waals surface area contributed by atoms with Gasteiger partial charge in [0.15, 0.2) is 4.98 Å². The van der Waals surface area contributed by atoms with Crippen molar-refractivity contribution in [2.45, 2.75) is 19.8 Å². The van der Waals surface area contributed by atoms with Crippen molar-refractivity contribution in [3.8, 4) is 5.75 Å². The van der Waals surface area contributed by atoms with Crippen LogP contribution in [0.3, 0.4) is 0 Å². The standard InChI is InChI=1S/C10H13N2O.BF4/c1-2-3-8-13-10-6-4-9(12-11)5-7-10;2-1(3,4)5/h4-7H,2-3,8H2,1H3;/q+1;-1. The average molecular weight is 264 g/mol. The number of hydrogen-bond donors (Lipinski definition) is 0. The predicted molar refractivity (Wildman–Crippen MR) is 61.8 cm³/mol. The largest absolute Gasteiger partial charge is 0.673 e. The maximum atomic E-state index is 9.75. The quantitative estimate of drug-likeness (QED) is 0.343. The lowest BCUT2D eigenvalue weighted by Crippen LogP contribution is -2.02. The fraction of sp³-hybridized carbons (Fsp3) is 0.400. The Labute approximate surface area is 102 Å². The van der Waals surface area contributed by atoms with E-state index in [2.05, 4.69) is 11.9 Å². The van der Waals surface area contributed by atoms with E-state index < -0.39 is 7.25 Å². The highest BCUT2D eigenvalue weighted by molar-refractivity contribution is 6.50. The van der Waals surface area contributed by atoms with Crippen LogP contribution >= 0.6 is 0 Å². The third-order valence-corrected chi connectivity index (χ3v) is 1.72. The number of nitrogens with zero attached hydrogens (tertiary/aromatic N) is 2. The van der Waals surface area contributed by atoms with Crippen LogP contribution in [0.4, 0.5) is 23.0 Å². The summed E-state index contributed by atoms with van der Waals surface area (Å²) in [6, 6.07) is 7.01. The van der Waals surface area contributed by atoms with Gasteiger partial charge in [-0.2, -0.15) is 0 Å². The summed E-state index contributed by atoms with van der Waals surface area (Å²) < 4.78 is 44.4. The van der Waals surface area contributed by atoms with Crippen LogP contribution in [0.1, 0.15) is 19.8 Å². The van der Waals surface area contributed by atoms with E-state index in [0.29, 0.717) is 5.69 Å². The lowest BCUT2D eigenvalue weighted by Gasteiger charge is -2.02. The van der Waals surface area contributed by atoms with Crippen LogP contribution in [0.5, 0.6) is 5.75 Å². The number of rotatable bonds is 4. The zero-order valence-electron chi connectivity index (χ0n) is 9.82. The summed E-state index contributed by atoms with van der Waals surface area (Å²) in [7, 11) is -6.00. The van der Waals surface area contributed by atoms with Gasteiger partial charge >= 0.3 is 12.9 Å². The second-order valence-electron chi connectivity index (χ2n) is 3.29. The van der Waals surface area contributed by atoms with Gasteiger partial charge in [-0.25, -0.2) is 0 Å². The first-order valence-electron chi connectivity index (χ1n) is 5.32. The van der Waals surface area contributed by atoms with E-state index in [1.54, 1.807) is 24.3 Å². The molecule has 8 heteroatoms. The van der Waals surface area contributed by atoms with Crippen LogP contribution in [-0.4, -0.2) is 13.9 Å². The Morgan fingerprint density at radius 2 is 1.67 bits per heavy atom. The lowest BCUT2D eigenvalue weighted by atomic mass is 10.3. The molecule has 0 aliphatic heterocycles. The molecule has 0 saturated heterocycles. The van der Waals surface area contributed by atoms with Gasteiger partial charge in [-0.15, -0.1) is 0 Å². The van der Waals surface area contributed by atoms with Crippen molar-refractivity contribution < 1.29 is 22.0 Å². The van der Waals surface area contributed by atoms with Gasteiger partial charge in [-0.05, 0) is 18.6 Å². The number of diazo groups is 1. The van der Waals surface area contributed by atoms with E-state index in [1.165, 1.54) is 0 Å². The average Bonchev–Trinajstić information content (AvgIpc) is 2.28. The molecule has 18 heavy (non-hydrogen) atoms. The lowest BCUT2D eigenvalue weighted by molar-refractivity contribution is 0.309. The SMILES string of the molecule is CCCCOc1ccc([N+]#N)cc1.F[B-](F)(F)F. The Balaban J connectivity index is 0.000000494. The molecule has 0 spiro atoms. The normalized spacial score (nSPS) is 10.0. The molecule has 1 aromatic carbocycles. The molecule has 0 heterocycles. The summed E-state index contributed by atoms with van der Waals surface area (Å²) in [6.45, 7) is 2.86. The van der Waals surface area contributed by atoms with Crippen molar-refractivity contribution in [1.82, 2.24) is 0 Å². The third-order valence-electron chi connectivity index (χ3n) is 1.72. The molecule has 3 nitrogen and oxygen atoms in total. The molecule has 0 aliphatic carbocycles. The highest BCUT2D eigenvalue weighted by atomic mass is 19.5. The molecule has 1 aromatic rings. The van der Waals surface area contributed by atoms with E-state index in [9.17, 15) is 17.3 Å². The number of unbranched alkanes of at least 4 members (excludes halogenated alkanes) is 1. The van der Waals surface area contributed by atoms with Crippen molar-refractivity contribution in [3.05, 3.63) is 29.2 Å². The number of hydrogen-bond acceptors (Lipinski definition) is 2. The smallest absolute Gasteiger partial charge is 0.494 e. The number of halogens is 4. The van der Waals surface area contributed by atoms with Crippen molar-refractivity contribution in [1.29, 1.82) is 5.39 Å². The molecule has 0 atom stereocenters. The Bertz CT molecular complexity index is 369. The molecular weight excluding hydrogens is 251 g/mol. The molecule has 0 aliphatic rings. The molecule has 0 aromatic heterocycles. The first kappa shape index (κ1) is 16.2. The van der Waals surface area contributed by atoms with Crippen LogP contribution in [0, 0.1) is 5.39 Å². The van der Waals surface area contributed by atoms with Gasteiger partial charge < -0.3 is 22.0 Å². The second kappa shape index (κ2) is 8.34. The van der Waals surface area contributed by atoms with Crippen molar-refractivity contribution in [2.75, 3.05) is 6.61 Å². The first-order valence-corrected chi connectivity index (χ1v) is 5.32. The molecule has 1 rings (SSSR count). The molecule has 0 N–H and O–H groups in total. The van der Waals surface area contributed by atoms with Crippen molar-refractivity contribution in [2.24, 2.45) is 0 Å². The van der Waals surface area contributed by atoms with E-state index in [1.807, 2.05) is 0 Å². The van der Waals surface area contributed by atoms with Gasteiger partial charge in [-0.1, -0.05) is 13.3 Å². The van der Waals surface area contributed by atoms with E-state index in [0.717, 1.165) is 25.2 Å². The topological polar surface area (TPSA) is 37.4 Å². The van der Waals surface area contributed by atoms with Gasteiger partial charge in [0.1, 0.15) is 5.75 Å². The summed E-state index contributed by atoms with van der Waals surface area (Å²) in [5, 5.41) is 8.43. The molecule has 0 radical (unpaired) electrons. The number of benzene rings is 1. The third kappa shape index (κ3) is 10.7. The van der Waals surface area contributed by atoms with Gasteiger partial charge in [0, 0.05) is 12.1 Å². The van der Waals surface area contributed by atoms with Crippen LogP contribution in [-0.2, 0) is 0 Å². The first-order chi connectivity index (χ1) is 8.36. The van der Waals surface area contributed by atoms with Gasteiger partial charge in [0.2, 0.25) is 5.39 Å². The summed E-state index contributed by atoms with van der Waals surface area (Å²) in [5.74, 6) is 0.820. The second-order valence-corrected chi connectivity index (χ2v) is 3.29. The minimum atomic E-state index is -6.00. The van der Waals surface area contributed by atoms with Crippen LogP contribution in [0.2, 0.25) is 0 Å². The van der Waals surface area contributed by atoms with E-state index in [-0.39, 0.29) is 0 Å². The highest BCUT2D eigenvalue weighted by Gasteiger charge is 2.20. The molecule has 0 unspecified atom stereocenters. The van der Waals surface area contributed by atoms with Gasteiger partial charge in [-0.3, -0.25) is 0 Å². The Hall–Kier alpha value is -1.78. The molecular formula is C10H13BF4N2O. The monoisotopic (exact) mass is 264 g/mol. The zero-order chi connectivity index (χ0) is 14.0. The van der Waals surface area contributed by atoms with Crippen molar-refractivity contribution in [3.63, 3.8) is 0 Å². The number of ether oxygens (including phenoxy) is 1. The highest BCUT2D eigenvalue weighted by Crippen LogP contribution is 2.17. The molecule has 100 valence electrons. The summed E-state index contributed by atoms with van der Waals surface area (Å²) in [4.78, 5) is 3.05. The van der Waals surface area contributed by atoms with Gasteiger partial charge in [0.05, 0.1) is 6.61 Å². The van der Waals surface area contributed by atoms with Crippen molar-refractivity contribution >= 4 is 12.9 Å². The summed E-state index contributed by atoms with van der Waals surface area (Å²) in [6.07, 6.45) is 2.19. The van der Waals surface area contributed by atoms with E-state index in [4.69, 9.17) is 10.1 Å². The predicted octanol–water partition coefficient (Wildman–Crippen LogP) is 4.65. The van der Waals surface area contributed by atoms with Crippen LogP contribution < -0.4 is 4.74 Å². The maximum absolute atomic E-state index is 9.75.